The maximum absolute atomic E-state index is 12.2. The van der Waals surface area contributed by atoms with E-state index in [4.69, 9.17) is 33.9 Å². The predicted octanol–water partition coefficient (Wildman–Crippen LogP) is 3.59. The fourth-order valence-corrected chi connectivity index (χ4v) is 4.10. The molecule has 0 aromatic heterocycles. The molecule has 0 heterocycles. The molecule has 20 heavy (non-hydrogen) atoms. The minimum absolute atomic E-state index is 0.0188. The molecule has 0 spiro atoms. The van der Waals surface area contributed by atoms with E-state index < -0.39 is 15.0 Å². The van der Waals surface area contributed by atoms with E-state index in [0.29, 0.717) is 0 Å². The van der Waals surface area contributed by atoms with Crippen LogP contribution >= 0.6 is 33.9 Å². The number of rotatable bonds is 3. The Morgan fingerprint density at radius 1 is 1.20 bits per heavy atom. The first-order valence-corrected chi connectivity index (χ1v) is 9.10. The SMILES string of the molecule is O=C(NC1CCCC1)c1cc(Cl)cc(S(=O)(=O)Cl)c1Cl. The third-order valence-electron chi connectivity index (χ3n) is 3.20. The van der Waals surface area contributed by atoms with Crippen molar-refractivity contribution in [3.63, 3.8) is 0 Å². The molecule has 8 heteroatoms. The van der Waals surface area contributed by atoms with E-state index in [2.05, 4.69) is 5.32 Å². The van der Waals surface area contributed by atoms with Gasteiger partial charge < -0.3 is 5.32 Å². The van der Waals surface area contributed by atoms with Crippen LogP contribution in [0.1, 0.15) is 36.0 Å². The van der Waals surface area contributed by atoms with Gasteiger partial charge in [-0.25, -0.2) is 8.42 Å². The molecule has 0 atom stereocenters. The maximum Gasteiger partial charge on any atom is 0.262 e. The normalized spacial score (nSPS) is 16.4. The Labute approximate surface area is 131 Å². The van der Waals surface area contributed by atoms with Crippen LogP contribution < -0.4 is 5.32 Å². The third-order valence-corrected chi connectivity index (χ3v) is 5.29. The average molecular weight is 357 g/mol. The molecule has 110 valence electrons. The summed E-state index contributed by atoms with van der Waals surface area (Å²) in [6, 6.07) is 2.55. The summed E-state index contributed by atoms with van der Waals surface area (Å²) in [6.07, 6.45) is 3.94. The van der Waals surface area contributed by atoms with Gasteiger partial charge in [0.05, 0.1) is 10.6 Å². The van der Waals surface area contributed by atoms with Crippen molar-refractivity contribution >= 4 is 48.8 Å². The molecule has 0 bridgehead atoms. The Bertz CT molecular complexity index is 640. The number of hydrogen-bond donors (Lipinski definition) is 1. The van der Waals surface area contributed by atoms with E-state index in [1.54, 1.807) is 0 Å². The first kappa shape index (κ1) is 15.9. The number of carbonyl (C=O) groups is 1. The Morgan fingerprint density at radius 3 is 2.35 bits per heavy atom. The largest absolute Gasteiger partial charge is 0.349 e. The van der Waals surface area contributed by atoms with Gasteiger partial charge in [0, 0.05) is 21.7 Å². The van der Waals surface area contributed by atoms with E-state index in [1.807, 2.05) is 0 Å². The minimum Gasteiger partial charge on any atom is -0.349 e. The van der Waals surface area contributed by atoms with Crippen LogP contribution in [0.5, 0.6) is 0 Å². The van der Waals surface area contributed by atoms with Crippen LogP contribution in [0.2, 0.25) is 10.0 Å². The van der Waals surface area contributed by atoms with Crippen molar-refractivity contribution in [2.45, 2.75) is 36.6 Å². The fourth-order valence-electron chi connectivity index (χ4n) is 2.24. The van der Waals surface area contributed by atoms with E-state index in [-0.39, 0.29) is 26.5 Å². The molecule has 1 aliphatic carbocycles. The molecular weight excluding hydrogens is 345 g/mol. The van der Waals surface area contributed by atoms with Crippen molar-refractivity contribution in [3.05, 3.63) is 27.7 Å². The number of hydrogen-bond acceptors (Lipinski definition) is 3. The van der Waals surface area contributed by atoms with Crippen molar-refractivity contribution in [1.82, 2.24) is 5.32 Å². The smallest absolute Gasteiger partial charge is 0.262 e. The summed E-state index contributed by atoms with van der Waals surface area (Å²) in [5.41, 5.74) is 0.0188. The highest BCUT2D eigenvalue weighted by Crippen LogP contribution is 2.32. The second-order valence-corrected chi connectivity index (χ2v) is 8.01. The van der Waals surface area contributed by atoms with Gasteiger partial charge in [0.25, 0.3) is 15.0 Å². The Morgan fingerprint density at radius 2 is 1.80 bits per heavy atom. The highest BCUT2D eigenvalue weighted by molar-refractivity contribution is 8.13. The van der Waals surface area contributed by atoms with Crippen LogP contribution in [-0.2, 0) is 9.05 Å². The van der Waals surface area contributed by atoms with Crippen molar-refractivity contribution in [1.29, 1.82) is 0 Å². The zero-order valence-electron chi connectivity index (χ0n) is 10.3. The second kappa shape index (κ2) is 6.10. The van der Waals surface area contributed by atoms with Crippen LogP contribution in [-0.4, -0.2) is 20.4 Å². The lowest BCUT2D eigenvalue weighted by Crippen LogP contribution is -2.32. The van der Waals surface area contributed by atoms with E-state index in [0.717, 1.165) is 31.7 Å². The zero-order valence-corrected chi connectivity index (χ0v) is 13.4. The summed E-state index contributed by atoms with van der Waals surface area (Å²) >= 11 is 11.8. The molecule has 0 saturated heterocycles. The summed E-state index contributed by atoms with van der Waals surface area (Å²) in [5.74, 6) is -0.439. The van der Waals surface area contributed by atoms with Gasteiger partial charge in [-0.2, -0.15) is 0 Å². The lowest BCUT2D eigenvalue weighted by Gasteiger charge is -2.14. The number of benzene rings is 1. The second-order valence-electron chi connectivity index (χ2n) is 4.66. The van der Waals surface area contributed by atoms with Gasteiger partial charge in [-0.15, -0.1) is 0 Å². The van der Waals surface area contributed by atoms with E-state index >= 15 is 0 Å². The van der Waals surface area contributed by atoms with Crippen molar-refractivity contribution in [3.8, 4) is 0 Å². The van der Waals surface area contributed by atoms with Crippen LogP contribution in [0.3, 0.4) is 0 Å². The zero-order chi connectivity index (χ0) is 14.9. The molecule has 1 aromatic carbocycles. The number of amides is 1. The minimum atomic E-state index is -4.06. The molecule has 1 aromatic rings. The lowest BCUT2D eigenvalue weighted by atomic mass is 10.2. The number of carbonyl (C=O) groups excluding carboxylic acids is 1. The van der Waals surface area contributed by atoms with Gasteiger partial charge >= 0.3 is 0 Å². The van der Waals surface area contributed by atoms with Crippen molar-refractivity contribution in [2.24, 2.45) is 0 Å². The topological polar surface area (TPSA) is 63.2 Å². The first-order chi connectivity index (χ1) is 9.29. The lowest BCUT2D eigenvalue weighted by molar-refractivity contribution is 0.0938. The molecule has 0 radical (unpaired) electrons. The summed E-state index contributed by atoms with van der Waals surface area (Å²) in [5, 5.41) is 2.70. The highest BCUT2D eigenvalue weighted by atomic mass is 35.7. The standard InChI is InChI=1S/C12H12Cl3NO3S/c13-7-5-9(11(14)10(6-7)20(15,18)19)12(17)16-8-3-1-2-4-8/h5-6,8H,1-4H2,(H,16,17). The van der Waals surface area contributed by atoms with Crippen LogP contribution in [0.25, 0.3) is 0 Å². The molecule has 1 amide bonds. The number of halogens is 3. The van der Waals surface area contributed by atoms with Crippen molar-refractivity contribution < 1.29 is 13.2 Å². The molecule has 1 aliphatic rings. The van der Waals surface area contributed by atoms with Gasteiger partial charge in [0.15, 0.2) is 0 Å². The van der Waals surface area contributed by atoms with Gasteiger partial charge in [0.1, 0.15) is 4.90 Å². The predicted molar refractivity (Wildman–Crippen MR) is 79.2 cm³/mol. The molecule has 1 fully saturated rings. The van der Waals surface area contributed by atoms with Crippen molar-refractivity contribution in [2.75, 3.05) is 0 Å². The molecule has 4 nitrogen and oxygen atoms in total. The average Bonchev–Trinajstić information content (AvgIpc) is 2.83. The van der Waals surface area contributed by atoms with Gasteiger partial charge in [-0.05, 0) is 25.0 Å². The Hall–Kier alpha value is -0.490. The van der Waals surface area contributed by atoms with Crippen LogP contribution in [0, 0.1) is 0 Å². The molecular formula is C12H12Cl3NO3S. The van der Waals surface area contributed by atoms with Gasteiger partial charge in [-0.1, -0.05) is 36.0 Å². The highest BCUT2D eigenvalue weighted by Gasteiger charge is 2.24. The summed E-state index contributed by atoms with van der Waals surface area (Å²) < 4.78 is 22.8. The van der Waals surface area contributed by atoms with E-state index in [9.17, 15) is 13.2 Å². The van der Waals surface area contributed by atoms with Crippen LogP contribution in [0.15, 0.2) is 17.0 Å². The summed E-state index contributed by atoms with van der Waals surface area (Å²) in [6.45, 7) is 0. The fraction of sp³-hybridized carbons (Fsp3) is 0.417. The monoisotopic (exact) mass is 355 g/mol. The molecule has 0 aliphatic heterocycles. The summed E-state index contributed by atoms with van der Waals surface area (Å²) in [4.78, 5) is 11.8. The van der Waals surface area contributed by atoms with Gasteiger partial charge in [-0.3, -0.25) is 4.79 Å². The first-order valence-electron chi connectivity index (χ1n) is 6.03. The maximum atomic E-state index is 12.2. The quantitative estimate of drug-likeness (QED) is 0.842. The molecule has 2 rings (SSSR count). The van der Waals surface area contributed by atoms with E-state index in [1.165, 1.54) is 6.07 Å². The Balaban J connectivity index is 2.36. The van der Waals surface area contributed by atoms with Gasteiger partial charge in [0.2, 0.25) is 0 Å². The third kappa shape index (κ3) is 3.58. The Kier molecular flexibility index (Phi) is 4.84. The molecule has 1 N–H and O–H groups in total. The molecule has 1 saturated carbocycles. The van der Waals surface area contributed by atoms with Crippen LogP contribution in [0.4, 0.5) is 0 Å². The summed E-state index contributed by atoms with van der Waals surface area (Å²) in [7, 11) is 1.22. The number of nitrogens with one attached hydrogen (secondary N) is 1. The molecule has 0 unspecified atom stereocenters.